The Hall–Kier alpha value is -3.31. The fraction of sp³-hybridized carbons (Fsp3) is 0.167. The van der Waals surface area contributed by atoms with Gasteiger partial charge >= 0.3 is 0 Å². The van der Waals surface area contributed by atoms with Crippen molar-refractivity contribution in [3.05, 3.63) is 94.5 Å². The molecule has 1 unspecified atom stereocenters. The van der Waals surface area contributed by atoms with E-state index in [1.165, 1.54) is 0 Å². The number of nitrogens with one attached hydrogen (secondary N) is 2. The monoisotopic (exact) mass is 422 g/mol. The number of rotatable bonds is 7. The second-order valence-corrected chi connectivity index (χ2v) is 7.09. The van der Waals surface area contributed by atoms with Gasteiger partial charge in [-0.25, -0.2) is 0 Å². The molecule has 6 heteroatoms. The van der Waals surface area contributed by atoms with Crippen molar-refractivity contribution in [3.8, 4) is 5.75 Å². The molecule has 0 radical (unpaired) electrons. The van der Waals surface area contributed by atoms with Crippen LogP contribution in [0.4, 0.5) is 5.69 Å². The highest BCUT2D eigenvalue weighted by Gasteiger charge is 2.17. The van der Waals surface area contributed by atoms with E-state index in [9.17, 15) is 9.59 Å². The van der Waals surface area contributed by atoms with Gasteiger partial charge in [0.25, 0.3) is 11.8 Å². The van der Waals surface area contributed by atoms with E-state index in [4.69, 9.17) is 16.3 Å². The third-order valence-electron chi connectivity index (χ3n) is 4.56. The topological polar surface area (TPSA) is 67.4 Å². The van der Waals surface area contributed by atoms with Gasteiger partial charge in [-0.1, -0.05) is 54.1 Å². The minimum Gasteiger partial charge on any atom is -0.492 e. The molecule has 0 heterocycles. The van der Waals surface area contributed by atoms with Crippen molar-refractivity contribution in [1.29, 1.82) is 0 Å². The first-order chi connectivity index (χ1) is 14.5. The van der Waals surface area contributed by atoms with Crippen LogP contribution in [0, 0.1) is 0 Å². The molecule has 3 aromatic rings. The van der Waals surface area contributed by atoms with E-state index in [-0.39, 0.29) is 17.9 Å². The molecule has 30 heavy (non-hydrogen) atoms. The van der Waals surface area contributed by atoms with Crippen LogP contribution in [0.2, 0.25) is 5.02 Å². The van der Waals surface area contributed by atoms with Gasteiger partial charge in [0.05, 0.1) is 28.9 Å². The number of benzene rings is 3. The highest BCUT2D eigenvalue weighted by Crippen LogP contribution is 2.26. The third kappa shape index (κ3) is 5.19. The second kappa shape index (κ2) is 9.94. The Labute approximate surface area is 181 Å². The fourth-order valence-corrected chi connectivity index (χ4v) is 3.23. The number of carbonyl (C=O) groups excluding carboxylic acids is 2. The maximum absolute atomic E-state index is 12.8. The Kier molecular flexibility index (Phi) is 7.09. The van der Waals surface area contributed by atoms with Crippen molar-refractivity contribution in [2.75, 3.05) is 11.9 Å². The van der Waals surface area contributed by atoms with Crippen LogP contribution in [-0.2, 0) is 0 Å². The maximum atomic E-state index is 12.8. The van der Waals surface area contributed by atoms with Crippen molar-refractivity contribution >= 4 is 29.1 Å². The number of ether oxygens (including phenoxy) is 1. The van der Waals surface area contributed by atoms with Gasteiger partial charge in [-0.15, -0.1) is 0 Å². The van der Waals surface area contributed by atoms with Crippen LogP contribution in [0.5, 0.6) is 5.75 Å². The van der Waals surface area contributed by atoms with Gasteiger partial charge in [-0.3, -0.25) is 9.59 Å². The van der Waals surface area contributed by atoms with Crippen molar-refractivity contribution in [1.82, 2.24) is 5.32 Å². The first-order valence-corrected chi connectivity index (χ1v) is 10.1. The van der Waals surface area contributed by atoms with E-state index in [0.717, 1.165) is 5.56 Å². The molecule has 3 rings (SSSR count). The molecule has 0 aliphatic carbocycles. The Morgan fingerprint density at radius 3 is 2.37 bits per heavy atom. The van der Waals surface area contributed by atoms with Crippen LogP contribution in [0.1, 0.15) is 46.2 Å². The first kappa shape index (κ1) is 21.4. The number of para-hydroxylation sites is 1. The van der Waals surface area contributed by atoms with Gasteiger partial charge in [-0.2, -0.15) is 0 Å². The SMILES string of the molecule is CCOc1ccc(C(=O)Nc2ccccc2C(=O)NC(C)c2ccccc2)cc1Cl. The predicted molar refractivity (Wildman–Crippen MR) is 119 cm³/mol. The van der Waals surface area contributed by atoms with E-state index < -0.39 is 0 Å². The zero-order valence-corrected chi connectivity index (χ0v) is 17.6. The molecule has 2 amide bonds. The number of hydrogen-bond donors (Lipinski definition) is 2. The molecule has 0 bridgehead atoms. The van der Waals surface area contributed by atoms with E-state index >= 15 is 0 Å². The molecule has 5 nitrogen and oxygen atoms in total. The summed E-state index contributed by atoms with van der Waals surface area (Å²) < 4.78 is 5.40. The van der Waals surface area contributed by atoms with Gasteiger partial charge in [0.15, 0.2) is 0 Å². The zero-order valence-electron chi connectivity index (χ0n) is 16.8. The lowest BCUT2D eigenvalue weighted by atomic mass is 10.1. The van der Waals surface area contributed by atoms with Gasteiger partial charge in [0.1, 0.15) is 5.75 Å². The summed E-state index contributed by atoms with van der Waals surface area (Å²) in [7, 11) is 0. The smallest absolute Gasteiger partial charge is 0.255 e. The molecule has 0 aromatic heterocycles. The largest absolute Gasteiger partial charge is 0.492 e. The summed E-state index contributed by atoms with van der Waals surface area (Å²) in [5.41, 5.74) is 2.17. The van der Waals surface area contributed by atoms with Crippen LogP contribution in [0.15, 0.2) is 72.8 Å². The minimum atomic E-state index is -0.365. The number of halogens is 1. The van der Waals surface area contributed by atoms with Crippen molar-refractivity contribution in [2.24, 2.45) is 0 Å². The fourth-order valence-electron chi connectivity index (χ4n) is 3.00. The summed E-state index contributed by atoms with van der Waals surface area (Å²) >= 11 is 6.18. The van der Waals surface area contributed by atoms with Crippen LogP contribution >= 0.6 is 11.6 Å². The molecular formula is C24H23ClN2O3. The summed E-state index contributed by atoms with van der Waals surface area (Å²) in [5, 5.41) is 6.12. The average molecular weight is 423 g/mol. The van der Waals surface area contributed by atoms with Gasteiger partial charge < -0.3 is 15.4 Å². The molecule has 2 N–H and O–H groups in total. The standard InChI is InChI=1S/C24H23ClN2O3/c1-3-30-22-14-13-18(15-20(22)25)23(28)27-21-12-8-7-11-19(21)24(29)26-16(2)17-9-5-4-6-10-17/h4-16H,3H2,1-2H3,(H,26,29)(H,27,28). The summed E-state index contributed by atoms with van der Waals surface area (Å²) in [5.74, 6) is -0.117. The second-order valence-electron chi connectivity index (χ2n) is 6.68. The molecule has 0 aliphatic heterocycles. The zero-order chi connectivity index (χ0) is 21.5. The number of amides is 2. The van der Waals surface area contributed by atoms with Crippen molar-refractivity contribution < 1.29 is 14.3 Å². The average Bonchev–Trinajstić information content (AvgIpc) is 2.76. The van der Waals surface area contributed by atoms with Crippen molar-refractivity contribution in [3.63, 3.8) is 0 Å². The van der Waals surface area contributed by atoms with Crippen LogP contribution in [0.3, 0.4) is 0 Å². The molecule has 0 saturated heterocycles. The molecule has 0 aliphatic rings. The Bertz CT molecular complexity index is 1040. The highest BCUT2D eigenvalue weighted by molar-refractivity contribution is 6.32. The normalized spacial score (nSPS) is 11.4. The predicted octanol–water partition coefficient (Wildman–Crippen LogP) is 5.48. The van der Waals surface area contributed by atoms with Crippen LogP contribution in [0.25, 0.3) is 0 Å². The number of anilines is 1. The summed E-state index contributed by atoms with van der Waals surface area (Å²) in [6.07, 6.45) is 0. The lowest BCUT2D eigenvalue weighted by Crippen LogP contribution is -2.28. The van der Waals surface area contributed by atoms with Crippen LogP contribution < -0.4 is 15.4 Å². The lowest BCUT2D eigenvalue weighted by molar-refractivity contribution is 0.0941. The van der Waals surface area contributed by atoms with Gasteiger partial charge in [0, 0.05) is 5.56 Å². The quantitative estimate of drug-likeness (QED) is 0.529. The molecule has 0 spiro atoms. The minimum absolute atomic E-state index is 0.174. The van der Waals surface area contributed by atoms with Gasteiger partial charge in [0.2, 0.25) is 0 Å². The molecule has 0 fully saturated rings. The third-order valence-corrected chi connectivity index (χ3v) is 4.86. The van der Waals surface area contributed by atoms with Crippen molar-refractivity contribution in [2.45, 2.75) is 19.9 Å². The highest BCUT2D eigenvalue weighted by atomic mass is 35.5. The first-order valence-electron chi connectivity index (χ1n) is 9.68. The number of hydrogen-bond acceptors (Lipinski definition) is 3. The van der Waals surface area contributed by atoms with Gasteiger partial charge in [-0.05, 0) is 49.7 Å². The Morgan fingerprint density at radius 1 is 0.967 bits per heavy atom. The summed E-state index contributed by atoms with van der Waals surface area (Å²) in [6.45, 7) is 4.25. The van der Waals surface area contributed by atoms with E-state index in [0.29, 0.717) is 34.2 Å². The van der Waals surface area contributed by atoms with E-state index in [1.807, 2.05) is 44.2 Å². The van der Waals surface area contributed by atoms with Crippen LogP contribution in [-0.4, -0.2) is 18.4 Å². The molecule has 0 saturated carbocycles. The molecule has 154 valence electrons. The molecule has 1 atom stereocenters. The molecule has 3 aromatic carbocycles. The Balaban J connectivity index is 1.75. The Morgan fingerprint density at radius 2 is 1.67 bits per heavy atom. The van der Waals surface area contributed by atoms with E-state index in [2.05, 4.69) is 10.6 Å². The number of carbonyl (C=O) groups is 2. The summed E-state index contributed by atoms with van der Waals surface area (Å²) in [4.78, 5) is 25.5. The summed E-state index contributed by atoms with van der Waals surface area (Å²) in [6, 6.07) is 21.2. The molecular weight excluding hydrogens is 400 g/mol. The van der Waals surface area contributed by atoms with E-state index in [1.54, 1.807) is 42.5 Å². The lowest BCUT2D eigenvalue weighted by Gasteiger charge is -2.16. The maximum Gasteiger partial charge on any atom is 0.255 e.